The standard InChI is InChI=1S/C12H26ClN/c1-4-5-6-7-8-9-10-14(3)11-12(2)13/h12H,4-11H2,1-3H3. The van der Waals surface area contributed by atoms with Gasteiger partial charge in [-0.25, -0.2) is 0 Å². The van der Waals surface area contributed by atoms with Gasteiger partial charge >= 0.3 is 0 Å². The zero-order valence-electron chi connectivity index (χ0n) is 10.1. The van der Waals surface area contributed by atoms with Crippen molar-refractivity contribution in [3.05, 3.63) is 0 Å². The fourth-order valence-electron chi connectivity index (χ4n) is 1.68. The van der Waals surface area contributed by atoms with Crippen LogP contribution in [-0.4, -0.2) is 30.4 Å². The molecular weight excluding hydrogens is 194 g/mol. The number of nitrogens with zero attached hydrogens (tertiary/aromatic N) is 1. The predicted molar refractivity (Wildman–Crippen MR) is 66.2 cm³/mol. The summed E-state index contributed by atoms with van der Waals surface area (Å²) in [5.41, 5.74) is 0. The number of halogens is 1. The maximum absolute atomic E-state index is 5.91. The minimum atomic E-state index is 0.278. The fourth-order valence-corrected chi connectivity index (χ4v) is 1.92. The van der Waals surface area contributed by atoms with Crippen molar-refractivity contribution in [1.29, 1.82) is 0 Å². The van der Waals surface area contributed by atoms with Gasteiger partial charge in [0, 0.05) is 11.9 Å². The summed E-state index contributed by atoms with van der Waals surface area (Å²) in [7, 11) is 2.16. The highest BCUT2D eigenvalue weighted by atomic mass is 35.5. The second-order valence-corrected chi connectivity index (χ2v) is 5.06. The van der Waals surface area contributed by atoms with Gasteiger partial charge in [0.25, 0.3) is 0 Å². The molecule has 0 aromatic carbocycles. The van der Waals surface area contributed by atoms with E-state index in [1.54, 1.807) is 0 Å². The van der Waals surface area contributed by atoms with E-state index < -0.39 is 0 Å². The maximum atomic E-state index is 5.91. The molecule has 0 fully saturated rings. The van der Waals surface area contributed by atoms with Crippen molar-refractivity contribution in [3.8, 4) is 0 Å². The lowest BCUT2D eigenvalue weighted by atomic mass is 10.1. The average Bonchev–Trinajstić information content (AvgIpc) is 2.10. The van der Waals surface area contributed by atoms with E-state index in [0.29, 0.717) is 0 Å². The molecular formula is C12H26ClN. The largest absolute Gasteiger partial charge is 0.305 e. The van der Waals surface area contributed by atoms with Gasteiger partial charge in [0.05, 0.1) is 0 Å². The van der Waals surface area contributed by atoms with E-state index in [1.165, 1.54) is 45.1 Å². The van der Waals surface area contributed by atoms with E-state index in [-0.39, 0.29) is 5.38 Å². The lowest BCUT2D eigenvalue weighted by Crippen LogP contribution is -2.25. The first-order valence-electron chi connectivity index (χ1n) is 5.99. The minimum absolute atomic E-state index is 0.278. The van der Waals surface area contributed by atoms with Crippen molar-refractivity contribution in [3.63, 3.8) is 0 Å². The van der Waals surface area contributed by atoms with Crippen LogP contribution in [0, 0.1) is 0 Å². The molecule has 0 amide bonds. The lowest BCUT2D eigenvalue weighted by molar-refractivity contribution is 0.326. The van der Waals surface area contributed by atoms with Crippen LogP contribution in [0.5, 0.6) is 0 Å². The summed E-state index contributed by atoms with van der Waals surface area (Å²) in [5.74, 6) is 0. The first-order chi connectivity index (χ1) is 6.66. The monoisotopic (exact) mass is 219 g/mol. The van der Waals surface area contributed by atoms with Crippen molar-refractivity contribution >= 4 is 11.6 Å². The predicted octanol–water partition coefficient (Wildman–Crippen LogP) is 3.91. The Morgan fingerprint density at radius 3 is 2.21 bits per heavy atom. The average molecular weight is 220 g/mol. The number of rotatable bonds is 9. The molecule has 0 spiro atoms. The molecule has 0 saturated heterocycles. The van der Waals surface area contributed by atoms with E-state index in [0.717, 1.165) is 6.54 Å². The van der Waals surface area contributed by atoms with Crippen LogP contribution in [0.3, 0.4) is 0 Å². The quantitative estimate of drug-likeness (QED) is 0.420. The summed E-state index contributed by atoms with van der Waals surface area (Å²) < 4.78 is 0. The summed E-state index contributed by atoms with van der Waals surface area (Å²) in [6.07, 6.45) is 8.24. The number of alkyl halides is 1. The van der Waals surface area contributed by atoms with Crippen LogP contribution in [0.1, 0.15) is 52.4 Å². The van der Waals surface area contributed by atoms with Gasteiger partial charge in [0.2, 0.25) is 0 Å². The molecule has 0 saturated carbocycles. The van der Waals surface area contributed by atoms with Gasteiger partial charge in [-0.3, -0.25) is 0 Å². The molecule has 1 nitrogen and oxygen atoms in total. The second-order valence-electron chi connectivity index (χ2n) is 4.31. The Labute approximate surface area is 94.8 Å². The fraction of sp³-hybridized carbons (Fsp3) is 1.00. The first kappa shape index (κ1) is 14.2. The Kier molecular flexibility index (Phi) is 9.97. The van der Waals surface area contributed by atoms with Crippen LogP contribution in [0.25, 0.3) is 0 Å². The SMILES string of the molecule is CCCCCCCCN(C)CC(C)Cl. The zero-order valence-corrected chi connectivity index (χ0v) is 10.8. The molecule has 86 valence electrons. The summed E-state index contributed by atoms with van der Waals surface area (Å²) in [5, 5.41) is 0.278. The Morgan fingerprint density at radius 2 is 1.64 bits per heavy atom. The summed E-state index contributed by atoms with van der Waals surface area (Å²) >= 11 is 5.91. The van der Waals surface area contributed by atoms with Crippen LogP contribution < -0.4 is 0 Å². The Morgan fingerprint density at radius 1 is 1.07 bits per heavy atom. The molecule has 0 radical (unpaired) electrons. The van der Waals surface area contributed by atoms with Crippen LogP contribution in [0.2, 0.25) is 0 Å². The molecule has 0 aromatic rings. The van der Waals surface area contributed by atoms with Crippen molar-refractivity contribution in [2.75, 3.05) is 20.1 Å². The van der Waals surface area contributed by atoms with Gasteiger partial charge in [0.15, 0.2) is 0 Å². The van der Waals surface area contributed by atoms with E-state index in [2.05, 4.69) is 25.8 Å². The molecule has 1 atom stereocenters. The van der Waals surface area contributed by atoms with Crippen molar-refractivity contribution in [2.24, 2.45) is 0 Å². The summed E-state index contributed by atoms with van der Waals surface area (Å²) in [6.45, 7) is 6.52. The molecule has 0 aliphatic rings. The second kappa shape index (κ2) is 9.79. The molecule has 0 heterocycles. The highest BCUT2D eigenvalue weighted by Crippen LogP contribution is 2.06. The normalized spacial score (nSPS) is 13.5. The number of unbranched alkanes of at least 4 members (excludes halogenated alkanes) is 5. The molecule has 1 unspecified atom stereocenters. The maximum Gasteiger partial charge on any atom is 0.0434 e. The van der Waals surface area contributed by atoms with Crippen LogP contribution in [0.4, 0.5) is 0 Å². The highest BCUT2D eigenvalue weighted by Gasteiger charge is 2.01. The van der Waals surface area contributed by atoms with E-state index in [1.807, 2.05) is 0 Å². The minimum Gasteiger partial charge on any atom is -0.305 e. The molecule has 2 heteroatoms. The topological polar surface area (TPSA) is 3.24 Å². The third-order valence-electron chi connectivity index (χ3n) is 2.46. The van der Waals surface area contributed by atoms with Crippen LogP contribution in [-0.2, 0) is 0 Å². The van der Waals surface area contributed by atoms with Crippen molar-refractivity contribution in [2.45, 2.75) is 57.7 Å². The Bertz CT molecular complexity index is 115. The van der Waals surface area contributed by atoms with Crippen LogP contribution >= 0.6 is 11.6 Å². The van der Waals surface area contributed by atoms with Gasteiger partial charge in [-0.1, -0.05) is 39.0 Å². The number of hydrogen-bond acceptors (Lipinski definition) is 1. The Hall–Kier alpha value is 0.250. The van der Waals surface area contributed by atoms with Gasteiger partial charge in [0.1, 0.15) is 0 Å². The smallest absolute Gasteiger partial charge is 0.0434 e. The van der Waals surface area contributed by atoms with E-state index in [4.69, 9.17) is 11.6 Å². The molecule has 0 rings (SSSR count). The molecule has 0 bridgehead atoms. The Balaban J connectivity index is 3.10. The third-order valence-corrected chi connectivity index (χ3v) is 2.59. The van der Waals surface area contributed by atoms with Gasteiger partial charge < -0.3 is 4.90 Å². The molecule has 0 aliphatic heterocycles. The van der Waals surface area contributed by atoms with Crippen LogP contribution in [0.15, 0.2) is 0 Å². The van der Waals surface area contributed by atoms with E-state index in [9.17, 15) is 0 Å². The molecule has 0 aliphatic carbocycles. The zero-order chi connectivity index (χ0) is 10.8. The summed E-state index contributed by atoms with van der Waals surface area (Å²) in [4.78, 5) is 2.33. The van der Waals surface area contributed by atoms with E-state index >= 15 is 0 Å². The highest BCUT2D eigenvalue weighted by molar-refractivity contribution is 6.20. The van der Waals surface area contributed by atoms with Crippen molar-refractivity contribution in [1.82, 2.24) is 4.90 Å². The van der Waals surface area contributed by atoms with Gasteiger partial charge in [-0.2, -0.15) is 0 Å². The molecule has 0 aromatic heterocycles. The van der Waals surface area contributed by atoms with Gasteiger partial charge in [-0.15, -0.1) is 11.6 Å². The number of hydrogen-bond donors (Lipinski definition) is 0. The molecule has 0 N–H and O–H groups in total. The first-order valence-corrected chi connectivity index (χ1v) is 6.43. The third kappa shape index (κ3) is 10.3. The van der Waals surface area contributed by atoms with Gasteiger partial charge in [-0.05, 0) is 26.9 Å². The summed E-state index contributed by atoms with van der Waals surface area (Å²) in [6, 6.07) is 0. The lowest BCUT2D eigenvalue weighted by Gasteiger charge is -2.17. The van der Waals surface area contributed by atoms with Crippen molar-refractivity contribution < 1.29 is 0 Å². The molecule has 14 heavy (non-hydrogen) atoms.